The van der Waals surface area contributed by atoms with Crippen LogP contribution in [0.15, 0.2) is 23.3 Å². The maximum absolute atomic E-state index is 12.1. The molecule has 0 aromatic heterocycles. The number of ether oxygens (including phenoxy) is 4. The second-order valence-corrected chi connectivity index (χ2v) is 12.9. The Morgan fingerprint density at radius 3 is 2.62 bits per heavy atom. The Labute approximate surface area is 219 Å². The average Bonchev–Trinajstić information content (AvgIpc) is 3.34. The molecule has 0 aromatic rings. The molecule has 6 aliphatic rings. The molecular formula is C29H42O8. The summed E-state index contributed by atoms with van der Waals surface area (Å²) in [5.74, 6) is 0.0205. The van der Waals surface area contributed by atoms with E-state index in [1.54, 1.807) is 13.8 Å². The number of hydrogen-bond donors (Lipinski definition) is 3. The molecule has 0 aromatic carbocycles. The molecule has 0 spiro atoms. The first-order valence-electron chi connectivity index (χ1n) is 14.1. The van der Waals surface area contributed by atoms with Gasteiger partial charge in [0.15, 0.2) is 12.1 Å². The number of allylic oxidation sites excluding steroid dienone is 2. The third kappa shape index (κ3) is 4.01. The quantitative estimate of drug-likeness (QED) is 0.489. The van der Waals surface area contributed by atoms with Gasteiger partial charge in [-0.1, -0.05) is 31.1 Å². The van der Waals surface area contributed by atoms with Crippen LogP contribution < -0.4 is 0 Å². The average molecular weight is 519 g/mol. The molecule has 0 amide bonds. The number of ketones is 1. The topological polar surface area (TPSA) is 115 Å². The first kappa shape index (κ1) is 26.1. The van der Waals surface area contributed by atoms with Crippen molar-refractivity contribution in [3.8, 4) is 0 Å². The Bertz CT molecular complexity index is 1010. The van der Waals surface area contributed by atoms with Crippen LogP contribution in [-0.2, 0) is 23.7 Å². The molecule has 37 heavy (non-hydrogen) atoms. The molecule has 6 rings (SSSR count). The molecule has 0 bridgehead atoms. The third-order valence-corrected chi connectivity index (χ3v) is 10.9. The molecule has 0 radical (unpaired) electrons. The van der Waals surface area contributed by atoms with E-state index in [1.807, 2.05) is 6.08 Å². The molecule has 2 heterocycles. The van der Waals surface area contributed by atoms with Gasteiger partial charge >= 0.3 is 0 Å². The minimum absolute atomic E-state index is 0.0760. The Morgan fingerprint density at radius 1 is 1.05 bits per heavy atom. The van der Waals surface area contributed by atoms with E-state index in [-0.39, 0.29) is 29.1 Å². The number of hydrogen-bond acceptors (Lipinski definition) is 8. The zero-order valence-electron chi connectivity index (χ0n) is 22.4. The fourth-order valence-corrected chi connectivity index (χ4v) is 8.94. The summed E-state index contributed by atoms with van der Waals surface area (Å²) in [6.45, 7) is 8.21. The number of fused-ring (bicyclic) bond motifs is 6. The lowest BCUT2D eigenvalue weighted by molar-refractivity contribution is -0.339. The second kappa shape index (κ2) is 8.95. The van der Waals surface area contributed by atoms with Crippen LogP contribution in [0.5, 0.6) is 0 Å². The van der Waals surface area contributed by atoms with E-state index in [2.05, 4.69) is 19.9 Å². The van der Waals surface area contributed by atoms with Crippen molar-refractivity contribution in [2.75, 3.05) is 6.61 Å². The van der Waals surface area contributed by atoms with Crippen molar-refractivity contribution < 1.29 is 39.1 Å². The summed E-state index contributed by atoms with van der Waals surface area (Å²) in [4.78, 5) is 12.1. The number of aliphatic hydroxyl groups is 3. The van der Waals surface area contributed by atoms with Gasteiger partial charge in [0.05, 0.1) is 18.8 Å². The van der Waals surface area contributed by atoms with E-state index < -0.39 is 42.8 Å². The van der Waals surface area contributed by atoms with Crippen molar-refractivity contribution in [2.45, 2.75) is 115 Å². The molecular weight excluding hydrogens is 476 g/mol. The van der Waals surface area contributed by atoms with Crippen LogP contribution in [0, 0.1) is 28.6 Å². The van der Waals surface area contributed by atoms with Crippen LogP contribution in [0.3, 0.4) is 0 Å². The highest BCUT2D eigenvalue weighted by Crippen LogP contribution is 2.66. The van der Waals surface area contributed by atoms with Gasteiger partial charge in [-0.25, -0.2) is 0 Å². The van der Waals surface area contributed by atoms with Crippen molar-refractivity contribution in [1.29, 1.82) is 0 Å². The van der Waals surface area contributed by atoms with Gasteiger partial charge in [0, 0.05) is 13.3 Å². The molecule has 206 valence electrons. The van der Waals surface area contributed by atoms with Gasteiger partial charge in [0.25, 0.3) is 5.97 Å². The minimum atomic E-state index is -1.38. The predicted octanol–water partition coefficient (Wildman–Crippen LogP) is 2.99. The van der Waals surface area contributed by atoms with Crippen LogP contribution in [0.1, 0.15) is 72.6 Å². The summed E-state index contributed by atoms with van der Waals surface area (Å²) >= 11 is 0. The molecule has 4 aliphatic carbocycles. The fraction of sp³-hybridized carbons (Fsp3) is 0.828. The molecule has 8 heteroatoms. The van der Waals surface area contributed by atoms with Gasteiger partial charge in [-0.05, 0) is 80.1 Å². The SMILES string of the molecule is C[C@@H]1O[C@H]2OC(C)(OC/C=C3\CC[C@H]4[C@@H]5CCC6=CC(=O)CC[C@]6(C)[C@H]5[C@@H](O)C[C@]34C)O[C@@H]2[C@H](O)[C@H]1O. The molecule has 8 nitrogen and oxygen atoms in total. The van der Waals surface area contributed by atoms with E-state index in [0.717, 1.165) is 38.5 Å². The highest BCUT2D eigenvalue weighted by Gasteiger charge is 2.61. The Hall–Kier alpha value is -1.13. The lowest BCUT2D eigenvalue weighted by atomic mass is 9.46. The van der Waals surface area contributed by atoms with Gasteiger partial charge in [0.2, 0.25) is 0 Å². The first-order chi connectivity index (χ1) is 17.4. The Morgan fingerprint density at radius 2 is 1.84 bits per heavy atom. The van der Waals surface area contributed by atoms with Gasteiger partial charge in [-0.15, -0.1) is 0 Å². The van der Waals surface area contributed by atoms with Crippen LogP contribution >= 0.6 is 0 Å². The molecule has 3 N–H and O–H groups in total. The molecule has 2 saturated heterocycles. The number of rotatable bonds is 3. The van der Waals surface area contributed by atoms with Crippen LogP contribution in [0.4, 0.5) is 0 Å². The maximum Gasteiger partial charge on any atom is 0.283 e. The van der Waals surface area contributed by atoms with E-state index in [0.29, 0.717) is 18.3 Å². The number of aliphatic hydroxyl groups excluding tert-OH is 3. The van der Waals surface area contributed by atoms with Crippen LogP contribution in [-0.4, -0.2) is 70.5 Å². The van der Waals surface area contributed by atoms with E-state index >= 15 is 0 Å². The summed E-state index contributed by atoms with van der Waals surface area (Å²) in [5, 5.41) is 32.1. The van der Waals surface area contributed by atoms with Crippen molar-refractivity contribution >= 4 is 5.78 Å². The van der Waals surface area contributed by atoms with Gasteiger partial charge in [0.1, 0.15) is 18.3 Å². The summed E-state index contributed by atoms with van der Waals surface area (Å²) in [6, 6.07) is 0. The molecule has 5 fully saturated rings. The van der Waals surface area contributed by atoms with Crippen molar-refractivity contribution in [1.82, 2.24) is 0 Å². The summed E-state index contributed by atoms with van der Waals surface area (Å²) in [6.07, 6.45) is 5.52. The molecule has 12 atom stereocenters. The molecule has 2 aliphatic heterocycles. The third-order valence-electron chi connectivity index (χ3n) is 10.9. The highest BCUT2D eigenvalue weighted by molar-refractivity contribution is 5.91. The van der Waals surface area contributed by atoms with Gasteiger partial charge < -0.3 is 29.5 Å². The first-order valence-corrected chi connectivity index (χ1v) is 14.1. The van der Waals surface area contributed by atoms with E-state index in [1.165, 1.54) is 11.1 Å². The van der Waals surface area contributed by atoms with Crippen LogP contribution in [0.25, 0.3) is 0 Å². The monoisotopic (exact) mass is 518 g/mol. The van der Waals surface area contributed by atoms with E-state index in [4.69, 9.17) is 18.9 Å². The smallest absolute Gasteiger partial charge is 0.283 e. The zero-order valence-corrected chi connectivity index (χ0v) is 22.4. The Kier molecular flexibility index (Phi) is 6.31. The Balaban J connectivity index is 1.15. The standard InChI is InChI=1S/C29H42O8/c1-15-23(32)24(33)25-26(35-15)37-29(4,36-25)34-12-10-16-6-8-20-19-7-5-17-13-18(30)9-11-27(17,2)22(19)21(31)14-28(16,20)3/h10,13,15,19-26,31-33H,5-9,11-12,14H2,1-4H3/b16-10+/t15-,19-,20-,21-,22+,23-,24+,25+,26-,27-,28+,29?/m0/s1. The van der Waals surface area contributed by atoms with Gasteiger partial charge in [-0.2, -0.15) is 0 Å². The zero-order chi connectivity index (χ0) is 26.3. The largest absolute Gasteiger partial charge is 0.393 e. The normalized spacial score (nSPS) is 54.4. The lowest BCUT2D eigenvalue weighted by Gasteiger charge is -2.59. The fourth-order valence-electron chi connectivity index (χ4n) is 8.94. The summed E-state index contributed by atoms with van der Waals surface area (Å²) in [7, 11) is 0. The van der Waals surface area contributed by atoms with Crippen LogP contribution in [0.2, 0.25) is 0 Å². The predicted molar refractivity (Wildman–Crippen MR) is 133 cm³/mol. The van der Waals surface area contributed by atoms with Crippen molar-refractivity contribution in [3.05, 3.63) is 23.3 Å². The second-order valence-electron chi connectivity index (χ2n) is 12.9. The molecule has 3 saturated carbocycles. The van der Waals surface area contributed by atoms with Crippen molar-refractivity contribution in [2.24, 2.45) is 28.6 Å². The minimum Gasteiger partial charge on any atom is -0.393 e. The lowest BCUT2D eigenvalue weighted by Crippen LogP contribution is -2.55. The highest BCUT2D eigenvalue weighted by atomic mass is 16.9. The number of carbonyl (C=O) groups is 1. The van der Waals surface area contributed by atoms with Gasteiger partial charge in [-0.3, -0.25) is 9.53 Å². The number of carbonyl (C=O) groups excluding carboxylic acids is 1. The van der Waals surface area contributed by atoms with Crippen molar-refractivity contribution in [3.63, 3.8) is 0 Å². The summed E-state index contributed by atoms with van der Waals surface area (Å²) < 4.78 is 23.4. The van der Waals surface area contributed by atoms with E-state index in [9.17, 15) is 20.1 Å². The maximum atomic E-state index is 12.1. The summed E-state index contributed by atoms with van der Waals surface area (Å²) in [5.41, 5.74) is 2.42. The molecule has 1 unspecified atom stereocenters.